The first kappa shape index (κ1) is 14.5. The Labute approximate surface area is 112 Å². The van der Waals surface area contributed by atoms with Crippen LogP contribution in [0.15, 0.2) is 24.3 Å². The fraction of sp³-hybridized carbons (Fsp3) is 0.429. The van der Waals surface area contributed by atoms with Crippen molar-refractivity contribution in [2.24, 2.45) is 5.41 Å². The summed E-state index contributed by atoms with van der Waals surface area (Å²) in [4.78, 5) is 12.0. The molecule has 0 spiro atoms. The van der Waals surface area contributed by atoms with E-state index in [1.807, 2.05) is 18.2 Å². The Morgan fingerprint density at radius 1 is 1.44 bits per heavy atom. The van der Waals surface area contributed by atoms with Gasteiger partial charge < -0.3 is 4.74 Å². The predicted molar refractivity (Wildman–Crippen MR) is 70.1 cm³/mol. The Bertz CT molecular complexity index is 467. The first-order valence-corrected chi connectivity index (χ1v) is 6.29. The Hall–Kier alpha value is -1.53. The average Bonchev–Trinajstić information content (AvgIpc) is 2.38. The maximum Gasteiger partial charge on any atom is 0.326 e. The Balaban J connectivity index is 3.04. The Kier molecular flexibility index (Phi) is 5.18. The van der Waals surface area contributed by atoms with E-state index in [1.54, 1.807) is 19.9 Å². The van der Waals surface area contributed by atoms with Gasteiger partial charge in [0.25, 0.3) is 0 Å². The minimum atomic E-state index is -1.15. The number of nitriles is 1. The van der Waals surface area contributed by atoms with Crippen molar-refractivity contribution in [2.75, 3.05) is 6.61 Å². The second-order valence-electron chi connectivity index (χ2n) is 4.04. The molecule has 0 aliphatic heterocycles. The third-order valence-corrected chi connectivity index (χ3v) is 3.30. The molecule has 96 valence electrons. The van der Waals surface area contributed by atoms with Crippen molar-refractivity contribution in [1.29, 1.82) is 5.26 Å². The van der Waals surface area contributed by atoms with Crippen LogP contribution in [0.1, 0.15) is 25.8 Å². The molecule has 0 bridgehead atoms. The molecule has 0 heterocycles. The summed E-state index contributed by atoms with van der Waals surface area (Å²) < 4.78 is 5.00. The number of carbonyl (C=O) groups excluding carboxylic acids is 1. The fourth-order valence-electron chi connectivity index (χ4n) is 1.74. The highest BCUT2D eigenvalue weighted by atomic mass is 35.5. The van der Waals surface area contributed by atoms with E-state index < -0.39 is 11.4 Å². The van der Waals surface area contributed by atoms with Gasteiger partial charge in [-0.25, -0.2) is 0 Å². The van der Waals surface area contributed by atoms with Gasteiger partial charge in [-0.3, -0.25) is 4.79 Å². The summed E-state index contributed by atoms with van der Waals surface area (Å²) in [5.41, 5.74) is -0.364. The lowest BCUT2D eigenvalue weighted by Crippen LogP contribution is -2.33. The van der Waals surface area contributed by atoms with Crippen molar-refractivity contribution in [3.8, 4) is 6.07 Å². The SMILES string of the molecule is CCOC(=O)C(C#N)(CC)Cc1ccccc1Cl. The summed E-state index contributed by atoms with van der Waals surface area (Å²) in [6.45, 7) is 3.80. The summed E-state index contributed by atoms with van der Waals surface area (Å²) in [6.07, 6.45) is 0.673. The lowest BCUT2D eigenvalue weighted by molar-refractivity contribution is -0.152. The first-order valence-electron chi connectivity index (χ1n) is 5.91. The molecule has 1 atom stereocenters. The van der Waals surface area contributed by atoms with Gasteiger partial charge in [0.2, 0.25) is 0 Å². The third-order valence-electron chi connectivity index (χ3n) is 2.93. The van der Waals surface area contributed by atoms with Crippen molar-refractivity contribution in [2.45, 2.75) is 26.7 Å². The maximum atomic E-state index is 12.0. The van der Waals surface area contributed by atoms with Gasteiger partial charge in [-0.05, 0) is 25.0 Å². The van der Waals surface area contributed by atoms with E-state index in [0.717, 1.165) is 5.56 Å². The molecule has 0 aromatic heterocycles. The lowest BCUT2D eigenvalue weighted by atomic mass is 9.80. The van der Waals surface area contributed by atoms with E-state index in [-0.39, 0.29) is 13.0 Å². The van der Waals surface area contributed by atoms with E-state index in [2.05, 4.69) is 6.07 Å². The molecule has 3 nitrogen and oxygen atoms in total. The second kappa shape index (κ2) is 6.42. The number of rotatable bonds is 5. The molecule has 0 saturated carbocycles. The zero-order chi connectivity index (χ0) is 13.6. The molecule has 0 amide bonds. The van der Waals surface area contributed by atoms with Crippen LogP contribution in [0, 0.1) is 16.7 Å². The van der Waals surface area contributed by atoms with E-state index in [9.17, 15) is 10.1 Å². The van der Waals surface area contributed by atoms with Gasteiger partial charge in [-0.2, -0.15) is 5.26 Å². The Morgan fingerprint density at radius 3 is 2.61 bits per heavy atom. The van der Waals surface area contributed by atoms with Crippen LogP contribution >= 0.6 is 11.6 Å². The number of hydrogen-bond acceptors (Lipinski definition) is 3. The van der Waals surface area contributed by atoms with Crippen LogP contribution in [0.2, 0.25) is 5.02 Å². The minimum Gasteiger partial charge on any atom is -0.465 e. The highest BCUT2D eigenvalue weighted by molar-refractivity contribution is 6.31. The zero-order valence-electron chi connectivity index (χ0n) is 10.6. The van der Waals surface area contributed by atoms with E-state index in [0.29, 0.717) is 11.4 Å². The molecule has 1 aromatic rings. The smallest absolute Gasteiger partial charge is 0.326 e. The molecule has 1 aromatic carbocycles. The van der Waals surface area contributed by atoms with Crippen LogP contribution in [0.5, 0.6) is 0 Å². The number of halogens is 1. The predicted octanol–water partition coefficient (Wildman–Crippen LogP) is 3.37. The van der Waals surface area contributed by atoms with Crippen molar-refractivity contribution in [3.05, 3.63) is 34.9 Å². The Morgan fingerprint density at radius 2 is 2.11 bits per heavy atom. The van der Waals surface area contributed by atoms with Gasteiger partial charge in [0, 0.05) is 11.4 Å². The van der Waals surface area contributed by atoms with Gasteiger partial charge in [0.1, 0.15) is 0 Å². The monoisotopic (exact) mass is 265 g/mol. The molecule has 0 fully saturated rings. The van der Waals surface area contributed by atoms with Gasteiger partial charge >= 0.3 is 5.97 Å². The molecule has 0 saturated heterocycles. The van der Waals surface area contributed by atoms with Gasteiger partial charge in [0.05, 0.1) is 12.7 Å². The van der Waals surface area contributed by atoms with Gasteiger partial charge in [0.15, 0.2) is 5.41 Å². The van der Waals surface area contributed by atoms with Crippen molar-refractivity contribution in [3.63, 3.8) is 0 Å². The summed E-state index contributed by atoms with van der Waals surface area (Å²) in [6, 6.07) is 9.32. The minimum absolute atomic E-state index is 0.269. The molecular formula is C14H16ClNO2. The highest BCUT2D eigenvalue weighted by Crippen LogP contribution is 2.31. The quantitative estimate of drug-likeness (QED) is 0.767. The van der Waals surface area contributed by atoms with Crippen LogP contribution in [0.4, 0.5) is 0 Å². The van der Waals surface area contributed by atoms with Crippen LogP contribution in [0.25, 0.3) is 0 Å². The molecule has 0 aliphatic rings. The number of nitrogens with zero attached hydrogens (tertiary/aromatic N) is 1. The molecular weight excluding hydrogens is 250 g/mol. The largest absolute Gasteiger partial charge is 0.465 e. The topological polar surface area (TPSA) is 50.1 Å². The third kappa shape index (κ3) is 3.02. The zero-order valence-corrected chi connectivity index (χ0v) is 11.3. The maximum absolute atomic E-state index is 12.0. The molecule has 1 rings (SSSR count). The van der Waals surface area contributed by atoms with Crippen LogP contribution in [-0.4, -0.2) is 12.6 Å². The van der Waals surface area contributed by atoms with Crippen LogP contribution < -0.4 is 0 Å². The highest BCUT2D eigenvalue weighted by Gasteiger charge is 2.39. The number of carbonyl (C=O) groups is 1. The molecule has 1 unspecified atom stereocenters. The average molecular weight is 266 g/mol. The lowest BCUT2D eigenvalue weighted by Gasteiger charge is -2.23. The van der Waals surface area contributed by atoms with Crippen molar-refractivity contribution in [1.82, 2.24) is 0 Å². The summed E-state index contributed by atoms with van der Waals surface area (Å²) in [5, 5.41) is 9.90. The molecule has 0 N–H and O–H groups in total. The van der Waals surface area contributed by atoms with Gasteiger partial charge in [-0.15, -0.1) is 0 Å². The fourth-order valence-corrected chi connectivity index (χ4v) is 1.94. The standard InChI is InChI=1S/C14H16ClNO2/c1-3-14(10-16,13(17)18-4-2)9-11-7-5-6-8-12(11)15/h5-8H,3-4,9H2,1-2H3. The number of hydrogen-bond donors (Lipinski definition) is 0. The summed E-state index contributed by atoms with van der Waals surface area (Å²) in [7, 11) is 0. The van der Waals surface area contributed by atoms with Crippen LogP contribution in [-0.2, 0) is 16.0 Å². The van der Waals surface area contributed by atoms with E-state index in [1.165, 1.54) is 0 Å². The van der Waals surface area contributed by atoms with Gasteiger partial charge in [-0.1, -0.05) is 36.7 Å². The summed E-state index contributed by atoms with van der Waals surface area (Å²) >= 11 is 6.06. The normalized spacial score (nSPS) is 13.4. The van der Waals surface area contributed by atoms with Crippen LogP contribution in [0.3, 0.4) is 0 Å². The molecule has 0 aliphatic carbocycles. The summed E-state index contributed by atoms with van der Waals surface area (Å²) in [5.74, 6) is -0.477. The van der Waals surface area contributed by atoms with Crippen molar-refractivity contribution < 1.29 is 9.53 Å². The van der Waals surface area contributed by atoms with Crippen molar-refractivity contribution >= 4 is 17.6 Å². The number of ether oxygens (including phenoxy) is 1. The number of esters is 1. The number of benzene rings is 1. The van der Waals surface area contributed by atoms with E-state index >= 15 is 0 Å². The molecule has 0 radical (unpaired) electrons. The van der Waals surface area contributed by atoms with E-state index in [4.69, 9.17) is 16.3 Å². The second-order valence-corrected chi connectivity index (χ2v) is 4.44. The molecule has 18 heavy (non-hydrogen) atoms. The first-order chi connectivity index (χ1) is 8.59. The molecule has 4 heteroatoms.